The lowest BCUT2D eigenvalue weighted by molar-refractivity contribution is 0.0947. The highest BCUT2D eigenvalue weighted by Crippen LogP contribution is 2.32. The van der Waals surface area contributed by atoms with Crippen LogP contribution >= 0.6 is 12.2 Å². The normalized spacial score (nSPS) is 12.2. The van der Waals surface area contributed by atoms with Gasteiger partial charge >= 0.3 is 0 Å². The summed E-state index contributed by atoms with van der Waals surface area (Å²) in [6.45, 7) is 0.676. The Morgan fingerprint density at radius 3 is 2.78 bits per heavy atom. The first-order valence-corrected chi connectivity index (χ1v) is 8.76. The highest BCUT2D eigenvalue weighted by Gasteiger charge is 2.15. The Hall–Kier alpha value is -3.13. The van der Waals surface area contributed by atoms with Crippen molar-refractivity contribution in [1.29, 1.82) is 0 Å². The number of amides is 1. The van der Waals surface area contributed by atoms with Crippen molar-refractivity contribution in [1.82, 2.24) is 14.9 Å². The molecule has 1 amide bonds. The van der Waals surface area contributed by atoms with Crippen molar-refractivity contribution < 1.29 is 18.7 Å². The Balaban J connectivity index is 1.45. The van der Waals surface area contributed by atoms with E-state index in [-0.39, 0.29) is 18.5 Å². The minimum absolute atomic E-state index is 0.232. The summed E-state index contributed by atoms with van der Waals surface area (Å²) in [4.78, 5) is 15.4. The number of carbonyl (C=O) groups excluding carboxylic acids is 1. The van der Waals surface area contributed by atoms with Crippen LogP contribution in [-0.2, 0) is 6.42 Å². The minimum Gasteiger partial charge on any atom is -0.454 e. The summed E-state index contributed by atoms with van der Waals surface area (Å²) in [6, 6.07) is 11.5. The average molecular weight is 385 g/mol. The van der Waals surface area contributed by atoms with Gasteiger partial charge < -0.3 is 19.8 Å². The van der Waals surface area contributed by atoms with Crippen molar-refractivity contribution >= 4 is 18.1 Å². The van der Waals surface area contributed by atoms with Gasteiger partial charge in [0.25, 0.3) is 5.91 Å². The van der Waals surface area contributed by atoms with Crippen molar-refractivity contribution in [2.75, 3.05) is 13.3 Å². The molecule has 2 aromatic carbocycles. The van der Waals surface area contributed by atoms with Crippen molar-refractivity contribution in [3.05, 3.63) is 70.5 Å². The summed E-state index contributed by atoms with van der Waals surface area (Å²) in [5.41, 5.74) is 2.00. The van der Waals surface area contributed by atoms with E-state index in [1.165, 1.54) is 12.1 Å². The highest BCUT2D eigenvalue weighted by molar-refractivity contribution is 7.71. The van der Waals surface area contributed by atoms with E-state index in [2.05, 4.69) is 10.3 Å². The smallest absolute Gasteiger partial charge is 0.269 e. The Labute approximate surface area is 159 Å². The molecule has 0 spiro atoms. The first-order chi connectivity index (χ1) is 13.1. The Kier molecular flexibility index (Phi) is 4.64. The number of hydrogen-bond donors (Lipinski definition) is 2. The quantitative estimate of drug-likeness (QED) is 0.661. The van der Waals surface area contributed by atoms with Gasteiger partial charge in [-0.25, -0.2) is 4.39 Å². The number of fused-ring (bicyclic) bond motifs is 1. The number of hydrogen-bond acceptors (Lipinski definition) is 4. The summed E-state index contributed by atoms with van der Waals surface area (Å²) in [5.74, 6) is 0.825. The van der Waals surface area contributed by atoms with Crippen molar-refractivity contribution in [3.63, 3.8) is 0 Å². The van der Waals surface area contributed by atoms with Crippen LogP contribution < -0.4 is 14.8 Å². The van der Waals surface area contributed by atoms with E-state index in [1.807, 2.05) is 18.2 Å². The second-order valence-corrected chi connectivity index (χ2v) is 6.37. The molecule has 0 atom stereocenters. The van der Waals surface area contributed by atoms with Crippen molar-refractivity contribution in [2.24, 2.45) is 0 Å². The standard InChI is InChI=1S/C19H16FN3O3S/c20-13-2-4-14(5-3-13)23-15(10-22-19(23)27)18(24)21-8-7-12-1-6-16-17(9-12)26-11-25-16/h1-6,9-10H,7-8,11H2,(H,21,24)(H,22,27). The zero-order valence-electron chi connectivity index (χ0n) is 14.2. The lowest BCUT2D eigenvalue weighted by Crippen LogP contribution is -2.27. The molecule has 1 aliphatic heterocycles. The number of aromatic amines is 1. The van der Waals surface area contributed by atoms with E-state index in [1.54, 1.807) is 22.9 Å². The molecule has 1 aliphatic rings. The van der Waals surface area contributed by atoms with Gasteiger partial charge in [-0.05, 0) is 60.6 Å². The third kappa shape index (κ3) is 3.56. The number of carbonyl (C=O) groups is 1. The lowest BCUT2D eigenvalue weighted by Gasteiger charge is -2.09. The van der Waals surface area contributed by atoms with E-state index in [4.69, 9.17) is 21.7 Å². The third-order valence-electron chi connectivity index (χ3n) is 4.23. The number of H-pyrrole nitrogens is 1. The van der Waals surface area contributed by atoms with Gasteiger partial charge in [0.15, 0.2) is 16.3 Å². The number of nitrogens with one attached hydrogen (secondary N) is 2. The molecule has 0 radical (unpaired) electrons. The van der Waals surface area contributed by atoms with Gasteiger partial charge in [-0.15, -0.1) is 0 Å². The molecular formula is C19H16FN3O3S. The predicted octanol–water partition coefficient (Wildman–Crippen LogP) is 3.38. The summed E-state index contributed by atoms with van der Waals surface area (Å²) >= 11 is 5.25. The maximum atomic E-state index is 13.2. The molecule has 1 aromatic heterocycles. The van der Waals surface area contributed by atoms with Crippen LogP contribution in [0.4, 0.5) is 4.39 Å². The number of aromatic nitrogens is 2. The maximum absolute atomic E-state index is 13.2. The number of ether oxygens (including phenoxy) is 2. The number of benzene rings is 2. The number of nitrogens with zero attached hydrogens (tertiary/aromatic N) is 1. The summed E-state index contributed by atoms with van der Waals surface area (Å²) in [7, 11) is 0. The average Bonchev–Trinajstić information content (AvgIpc) is 3.28. The van der Waals surface area contributed by atoms with E-state index in [0.29, 0.717) is 29.1 Å². The molecule has 27 heavy (non-hydrogen) atoms. The van der Waals surface area contributed by atoms with Crippen molar-refractivity contribution in [2.45, 2.75) is 6.42 Å². The molecule has 2 N–H and O–H groups in total. The van der Waals surface area contributed by atoms with Crippen LogP contribution in [0.3, 0.4) is 0 Å². The summed E-state index contributed by atoms with van der Waals surface area (Å²) in [5, 5.41) is 2.88. The second kappa shape index (κ2) is 7.24. The third-order valence-corrected chi connectivity index (χ3v) is 4.53. The van der Waals surface area contributed by atoms with Crippen LogP contribution in [0.2, 0.25) is 0 Å². The second-order valence-electron chi connectivity index (χ2n) is 5.98. The largest absolute Gasteiger partial charge is 0.454 e. The minimum atomic E-state index is -0.351. The van der Waals surface area contributed by atoms with Gasteiger partial charge in [0.1, 0.15) is 11.5 Å². The molecule has 2 heterocycles. The fourth-order valence-electron chi connectivity index (χ4n) is 2.89. The monoisotopic (exact) mass is 385 g/mol. The molecule has 8 heteroatoms. The predicted molar refractivity (Wildman–Crippen MR) is 99.5 cm³/mol. The van der Waals surface area contributed by atoms with Gasteiger partial charge in [-0.1, -0.05) is 6.07 Å². The van der Waals surface area contributed by atoms with E-state index in [0.717, 1.165) is 17.1 Å². The Bertz CT molecular complexity index is 1040. The first-order valence-electron chi connectivity index (χ1n) is 8.35. The molecule has 138 valence electrons. The Morgan fingerprint density at radius 2 is 1.96 bits per heavy atom. The number of imidazole rings is 1. The molecule has 0 saturated carbocycles. The molecule has 0 fully saturated rings. The van der Waals surface area contributed by atoms with Gasteiger partial charge in [0, 0.05) is 18.4 Å². The van der Waals surface area contributed by atoms with Gasteiger partial charge in [0.2, 0.25) is 6.79 Å². The molecule has 4 rings (SSSR count). The van der Waals surface area contributed by atoms with Crippen LogP contribution in [0.1, 0.15) is 16.1 Å². The van der Waals surface area contributed by atoms with E-state index < -0.39 is 0 Å². The first kappa shape index (κ1) is 17.3. The topological polar surface area (TPSA) is 68.3 Å². The molecule has 0 aliphatic carbocycles. The highest BCUT2D eigenvalue weighted by atomic mass is 32.1. The molecule has 6 nitrogen and oxygen atoms in total. The summed E-state index contributed by atoms with van der Waals surface area (Å²) in [6.07, 6.45) is 2.19. The summed E-state index contributed by atoms with van der Waals surface area (Å²) < 4.78 is 25.7. The molecule has 0 unspecified atom stereocenters. The zero-order valence-corrected chi connectivity index (χ0v) is 15.0. The van der Waals surface area contributed by atoms with Crippen molar-refractivity contribution in [3.8, 4) is 17.2 Å². The van der Waals surface area contributed by atoms with Gasteiger partial charge in [-0.3, -0.25) is 9.36 Å². The zero-order chi connectivity index (χ0) is 18.8. The van der Waals surface area contributed by atoms with Gasteiger partial charge in [0.05, 0.1) is 0 Å². The lowest BCUT2D eigenvalue weighted by atomic mass is 10.1. The van der Waals surface area contributed by atoms with E-state index >= 15 is 0 Å². The maximum Gasteiger partial charge on any atom is 0.269 e. The van der Waals surface area contributed by atoms with E-state index in [9.17, 15) is 9.18 Å². The fourth-order valence-corrected chi connectivity index (χ4v) is 3.15. The number of halogens is 1. The van der Waals surface area contributed by atoms with Crippen LogP contribution in [0, 0.1) is 10.6 Å². The molecule has 0 saturated heterocycles. The fraction of sp³-hybridized carbons (Fsp3) is 0.158. The molecule has 0 bridgehead atoms. The van der Waals surface area contributed by atoms with Crippen LogP contribution in [0.5, 0.6) is 11.5 Å². The SMILES string of the molecule is O=C(NCCc1ccc2c(c1)OCO2)c1c[nH]c(=S)n1-c1ccc(F)cc1. The molecular weight excluding hydrogens is 369 g/mol. The van der Waals surface area contributed by atoms with Crippen LogP contribution in [0.15, 0.2) is 48.7 Å². The Morgan fingerprint density at radius 1 is 1.19 bits per heavy atom. The number of rotatable bonds is 5. The molecule has 3 aromatic rings. The van der Waals surface area contributed by atoms with Gasteiger partial charge in [-0.2, -0.15) is 0 Å². The van der Waals surface area contributed by atoms with Crippen LogP contribution in [0.25, 0.3) is 5.69 Å². The van der Waals surface area contributed by atoms with Crippen LogP contribution in [-0.4, -0.2) is 28.8 Å².